The van der Waals surface area contributed by atoms with Gasteiger partial charge >= 0.3 is 0 Å². The lowest BCUT2D eigenvalue weighted by molar-refractivity contribution is -0.130. The molecule has 1 amide bonds. The van der Waals surface area contributed by atoms with Crippen molar-refractivity contribution in [2.45, 2.75) is 19.4 Å². The van der Waals surface area contributed by atoms with Gasteiger partial charge in [-0.15, -0.1) is 0 Å². The molecule has 0 spiro atoms. The first kappa shape index (κ1) is 12.1. The van der Waals surface area contributed by atoms with Gasteiger partial charge in [0.15, 0.2) is 0 Å². The van der Waals surface area contributed by atoms with Crippen molar-refractivity contribution in [3.8, 4) is 0 Å². The molecule has 15 heavy (non-hydrogen) atoms. The van der Waals surface area contributed by atoms with Gasteiger partial charge in [-0.3, -0.25) is 4.79 Å². The number of amides is 1. The molecular weight excluding hydrogens is 265 g/mol. The van der Waals surface area contributed by atoms with Crippen molar-refractivity contribution in [2.24, 2.45) is 0 Å². The van der Waals surface area contributed by atoms with Crippen LogP contribution in [0.15, 0.2) is 22.7 Å². The summed E-state index contributed by atoms with van der Waals surface area (Å²) in [6, 6.07) is 4.19. The van der Waals surface area contributed by atoms with Crippen LogP contribution in [0.25, 0.3) is 0 Å². The molecule has 0 aromatic heterocycles. The maximum atomic E-state index is 13.1. The average molecular weight is 276 g/mol. The fourth-order valence-electron chi connectivity index (χ4n) is 0.858. The largest absolute Gasteiger partial charge is 0.381 e. The third kappa shape index (κ3) is 3.28. The lowest BCUT2D eigenvalue weighted by Crippen LogP contribution is -2.36. The number of carbonyl (C=O) groups excluding carboxylic acids is 1. The molecule has 1 aromatic carbocycles. The highest BCUT2D eigenvalue weighted by atomic mass is 79.9. The summed E-state index contributed by atoms with van der Waals surface area (Å²) in [6.45, 7) is 2.72. The molecule has 0 bridgehead atoms. The maximum Gasteiger partial charge on any atom is 0.255 e. The van der Waals surface area contributed by atoms with E-state index < -0.39 is 17.3 Å². The predicted molar refractivity (Wildman–Crippen MR) is 59.0 cm³/mol. The second kappa shape index (κ2) is 4.28. The number of hydrogen-bond donors (Lipinski definition) is 2. The zero-order valence-electron chi connectivity index (χ0n) is 8.34. The van der Waals surface area contributed by atoms with Crippen LogP contribution < -0.4 is 5.32 Å². The highest BCUT2D eigenvalue weighted by Crippen LogP contribution is 2.20. The monoisotopic (exact) mass is 275 g/mol. The number of aliphatic hydroxyl groups is 1. The molecule has 0 atom stereocenters. The van der Waals surface area contributed by atoms with Crippen molar-refractivity contribution < 1.29 is 14.3 Å². The van der Waals surface area contributed by atoms with Gasteiger partial charge in [-0.25, -0.2) is 4.39 Å². The summed E-state index contributed by atoms with van der Waals surface area (Å²) in [6.07, 6.45) is 0. The van der Waals surface area contributed by atoms with Gasteiger partial charge in [0.1, 0.15) is 11.4 Å². The van der Waals surface area contributed by atoms with E-state index in [4.69, 9.17) is 0 Å². The van der Waals surface area contributed by atoms with Gasteiger partial charge in [-0.2, -0.15) is 0 Å². The molecule has 1 aromatic rings. The molecule has 0 heterocycles. The Balaban J connectivity index is 2.83. The summed E-state index contributed by atoms with van der Waals surface area (Å²) < 4.78 is 13.4. The molecule has 0 radical (unpaired) electrons. The standard InChI is InChI=1S/C10H11BrFNO2/c1-10(2,15)9(14)13-6-3-4-7(11)8(12)5-6/h3-5,15H,1-2H3,(H,13,14). The van der Waals surface area contributed by atoms with Gasteiger partial charge in [-0.05, 0) is 48.0 Å². The average Bonchev–Trinajstić information content (AvgIpc) is 2.10. The van der Waals surface area contributed by atoms with Gasteiger partial charge < -0.3 is 10.4 Å². The van der Waals surface area contributed by atoms with E-state index in [-0.39, 0.29) is 0 Å². The van der Waals surface area contributed by atoms with Gasteiger partial charge in [0.2, 0.25) is 0 Å². The summed E-state index contributed by atoms with van der Waals surface area (Å²) >= 11 is 3.00. The van der Waals surface area contributed by atoms with Crippen LogP contribution in [0.2, 0.25) is 0 Å². The van der Waals surface area contributed by atoms with Gasteiger partial charge in [0.05, 0.1) is 4.47 Å². The van der Waals surface area contributed by atoms with Crippen LogP contribution in [0, 0.1) is 5.82 Å². The Morgan fingerprint density at radius 1 is 1.53 bits per heavy atom. The molecule has 0 saturated carbocycles. The Hall–Kier alpha value is -0.940. The molecular formula is C10H11BrFNO2. The topological polar surface area (TPSA) is 49.3 Å². The third-order valence-corrected chi connectivity index (χ3v) is 2.38. The first-order valence-corrected chi connectivity index (χ1v) is 5.09. The van der Waals surface area contributed by atoms with E-state index in [9.17, 15) is 14.3 Å². The Bertz CT molecular complexity index is 387. The summed E-state index contributed by atoms with van der Waals surface area (Å²) in [5.41, 5.74) is -1.17. The van der Waals surface area contributed by atoms with Crippen molar-refractivity contribution in [1.29, 1.82) is 0 Å². The van der Waals surface area contributed by atoms with Crippen molar-refractivity contribution in [1.82, 2.24) is 0 Å². The SMILES string of the molecule is CC(C)(O)C(=O)Nc1ccc(Br)c(F)c1. The summed E-state index contributed by atoms with van der Waals surface area (Å²) in [5.74, 6) is -1.05. The molecule has 0 unspecified atom stereocenters. The van der Waals surface area contributed by atoms with Crippen molar-refractivity contribution >= 4 is 27.5 Å². The van der Waals surface area contributed by atoms with Crippen LogP contribution in [0.5, 0.6) is 0 Å². The number of halogens is 2. The number of benzene rings is 1. The Morgan fingerprint density at radius 3 is 2.60 bits per heavy atom. The number of rotatable bonds is 2. The molecule has 0 aliphatic heterocycles. The van der Waals surface area contributed by atoms with E-state index in [1.807, 2.05) is 0 Å². The third-order valence-electron chi connectivity index (χ3n) is 1.73. The zero-order valence-corrected chi connectivity index (χ0v) is 9.93. The molecule has 0 saturated heterocycles. The number of hydrogen-bond acceptors (Lipinski definition) is 2. The molecule has 82 valence electrons. The molecule has 0 aliphatic rings. The molecule has 1 rings (SSSR count). The van der Waals surface area contributed by atoms with Crippen molar-refractivity contribution in [3.63, 3.8) is 0 Å². The number of anilines is 1. The van der Waals surface area contributed by atoms with Gasteiger partial charge in [0.25, 0.3) is 5.91 Å². The van der Waals surface area contributed by atoms with E-state index >= 15 is 0 Å². The van der Waals surface area contributed by atoms with Gasteiger partial charge in [-0.1, -0.05) is 0 Å². The summed E-state index contributed by atoms with van der Waals surface area (Å²) in [5, 5.41) is 11.8. The minimum Gasteiger partial charge on any atom is -0.381 e. The van der Waals surface area contributed by atoms with Crippen LogP contribution in [0.1, 0.15) is 13.8 Å². The van der Waals surface area contributed by atoms with E-state index in [1.54, 1.807) is 0 Å². The first-order chi connectivity index (χ1) is 6.80. The van der Waals surface area contributed by atoms with Crippen LogP contribution >= 0.6 is 15.9 Å². The van der Waals surface area contributed by atoms with E-state index in [0.29, 0.717) is 10.2 Å². The fraction of sp³-hybridized carbons (Fsp3) is 0.300. The lowest BCUT2D eigenvalue weighted by atomic mass is 10.1. The molecule has 0 fully saturated rings. The minimum atomic E-state index is -1.48. The summed E-state index contributed by atoms with van der Waals surface area (Å²) in [7, 11) is 0. The second-order valence-electron chi connectivity index (χ2n) is 3.64. The van der Waals surface area contributed by atoms with E-state index in [1.165, 1.54) is 32.0 Å². The molecule has 5 heteroatoms. The van der Waals surface area contributed by atoms with E-state index in [0.717, 1.165) is 0 Å². The Labute approximate surface area is 95.4 Å². The molecule has 3 nitrogen and oxygen atoms in total. The summed E-state index contributed by atoms with van der Waals surface area (Å²) in [4.78, 5) is 11.3. The van der Waals surface area contributed by atoms with Crippen LogP contribution in [-0.2, 0) is 4.79 Å². The smallest absolute Gasteiger partial charge is 0.255 e. The quantitative estimate of drug-likeness (QED) is 0.870. The highest BCUT2D eigenvalue weighted by molar-refractivity contribution is 9.10. The first-order valence-electron chi connectivity index (χ1n) is 4.29. The van der Waals surface area contributed by atoms with Crippen LogP contribution in [0.3, 0.4) is 0 Å². The van der Waals surface area contributed by atoms with Crippen LogP contribution in [0.4, 0.5) is 10.1 Å². The van der Waals surface area contributed by atoms with Crippen molar-refractivity contribution in [2.75, 3.05) is 5.32 Å². The van der Waals surface area contributed by atoms with Crippen LogP contribution in [-0.4, -0.2) is 16.6 Å². The fourth-order valence-corrected chi connectivity index (χ4v) is 1.10. The normalized spacial score (nSPS) is 11.3. The van der Waals surface area contributed by atoms with Crippen molar-refractivity contribution in [3.05, 3.63) is 28.5 Å². The number of nitrogens with one attached hydrogen (secondary N) is 1. The van der Waals surface area contributed by atoms with Gasteiger partial charge in [0, 0.05) is 5.69 Å². The highest BCUT2D eigenvalue weighted by Gasteiger charge is 2.23. The molecule has 0 aliphatic carbocycles. The second-order valence-corrected chi connectivity index (χ2v) is 4.50. The van der Waals surface area contributed by atoms with E-state index in [2.05, 4.69) is 21.2 Å². The zero-order chi connectivity index (χ0) is 11.6. The molecule has 2 N–H and O–H groups in total. The lowest BCUT2D eigenvalue weighted by Gasteiger charge is -2.16. The number of carbonyl (C=O) groups is 1. The Morgan fingerprint density at radius 2 is 2.13 bits per heavy atom. The Kier molecular flexibility index (Phi) is 3.46. The predicted octanol–water partition coefficient (Wildman–Crippen LogP) is 2.30. The minimum absolute atomic E-state index is 0.308. The maximum absolute atomic E-state index is 13.1.